The van der Waals surface area contributed by atoms with Gasteiger partial charge < -0.3 is 9.73 Å². The van der Waals surface area contributed by atoms with Crippen molar-refractivity contribution in [1.82, 2.24) is 5.32 Å². The van der Waals surface area contributed by atoms with E-state index in [0.717, 1.165) is 11.3 Å². The van der Waals surface area contributed by atoms with E-state index in [4.69, 9.17) is 4.42 Å². The maximum absolute atomic E-state index is 11.9. The first kappa shape index (κ1) is 14.1. The molecule has 3 nitrogen and oxygen atoms in total. The number of nitrogens with one attached hydrogen (secondary N) is 1. The van der Waals surface area contributed by atoms with Crippen LogP contribution in [0.4, 0.5) is 0 Å². The van der Waals surface area contributed by atoms with E-state index in [0.29, 0.717) is 18.0 Å². The molecule has 0 atom stereocenters. The first-order valence-electron chi connectivity index (χ1n) is 6.74. The first-order chi connectivity index (χ1) is 9.65. The molecule has 3 heteroatoms. The predicted octanol–water partition coefficient (Wildman–Crippen LogP) is 3.88. The van der Waals surface area contributed by atoms with Gasteiger partial charge in [0.2, 0.25) is 0 Å². The largest absolute Gasteiger partial charge is 0.467 e. The van der Waals surface area contributed by atoms with Crippen LogP contribution in [0.1, 0.15) is 35.5 Å². The van der Waals surface area contributed by atoms with Gasteiger partial charge in [-0.25, -0.2) is 0 Å². The molecule has 1 aromatic carbocycles. The van der Waals surface area contributed by atoms with Crippen LogP contribution in [-0.2, 0) is 6.54 Å². The van der Waals surface area contributed by atoms with Crippen molar-refractivity contribution >= 4 is 12.0 Å². The normalized spacial score (nSPS) is 11.2. The molecule has 1 aromatic heterocycles. The van der Waals surface area contributed by atoms with Crippen molar-refractivity contribution in [2.75, 3.05) is 0 Å². The van der Waals surface area contributed by atoms with Gasteiger partial charge in [0, 0.05) is 5.56 Å². The van der Waals surface area contributed by atoms with Crippen LogP contribution >= 0.6 is 0 Å². The van der Waals surface area contributed by atoms with Crippen LogP contribution in [0, 0.1) is 5.92 Å². The van der Waals surface area contributed by atoms with Gasteiger partial charge in [-0.15, -0.1) is 0 Å². The average Bonchev–Trinajstić information content (AvgIpc) is 2.96. The van der Waals surface area contributed by atoms with Crippen molar-refractivity contribution in [3.8, 4) is 0 Å². The summed E-state index contributed by atoms with van der Waals surface area (Å²) in [7, 11) is 0. The number of hydrogen-bond donors (Lipinski definition) is 1. The van der Waals surface area contributed by atoms with E-state index in [-0.39, 0.29) is 5.91 Å². The number of furan rings is 1. The van der Waals surface area contributed by atoms with Crippen LogP contribution in [0.25, 0.3) is 6.08 Å². The van der Waals surface area contributed by atoms with Crippen molar-refractivity contribution in [3.05, 3.63) is 65.6 Å². The number of amides is 1. The summed E-state index contributed by atoms with van der Waals surface area (Å²) in [6.45, 7) is 4.67. The third-order valence-corrected chi connectivity index (χ3v) is 2.85. The molecule has 0 aliphatic rings. The van der Waals surface area contributed by atoms with E-state index >= 15 is 0 Å². The van der Waals surface area contributed by atoms with Gasteiger partial charge in [-0.3, -0.25) is 4.79 Å². The average molecular weight is 269 g/mol. The minimum absolute atomic E-state index is 0.0965. The molecule has 0 aliphatic heterocycles. The number of rotatable bonds is 5. The number of hydrogen-bond acceptors (Lipinski definition) is 2. The smallest absolute Gasteiger partial charge is 0.251 e. The van der Waals surface area contributed by atoms with Gasteiger partial charge >= 0.3 is 0 Å². The third kappa shape index (κ3) is 4.12. The van der Waals surface area contributed by atoms with Crippen LogP contribution in [0.5, 0.6) is 0 Å². The lowest BCUT2D eigenvalue weighted by atomic mass is 10.1. The minimum atomic E-state index is -0.0965. The van der Waals surface area contributed by atoms with Crippen molar-refractivity contribution in [2.24, 2.45) is 5.92 Å². The lowest BCUT2D eigenvalue weighted by molar-refractivity contribution is 0.0948. The Morgan fingerprint density at radius 3 is 2.60 bits per heavy atom. The quantitative estimate of drug-likeness (QED) is 0.895. The van der Waals surface area contributed by atoms with E-state index in [1.165, 1.54) is 0 Å². The molecular formula is C17H19NO2. The van der Waals surface area contributed by atoms with E-state index in [1.807, 2.05) is 30.3 Å². The fraction of sp³-hybridized carbons (Fsp3) is 0.235. The number of carbonyl (C=O) groups is 1. The second-order valence-corrected chi connectivity index (χ2v) is 4.99. The van der Waals surface area contributed by atoms with Crippen LogP contribution in [0.15, 0.2) is 53.2 Å². The molecular weight excluding hydrogens is 250 g/mol. The second-order valence-electron chi connectivity index (χ2n) is 4.99. The molecule has 0 spiro atoms. The topological polar surface area (TPSA) is 42.2 Å². The first-order valence-corrected chi connectivity index (χ1v) is 6.74. The zero-order valence-electron chi connectivity index (χ0n) is 11.8. The lowest BCUT2D eigenvalue weighted by Crippen LogP contribution is -2.22. The SMILES string of the molecule is CC(C)/C=C/c1ccc(C(=O)NCc2ccco2)cc1. The number of carbonyl (C=O) groups excluding carboxylic acids is 1. The van der Waals surface area contributed by atoms with Crippen molar-refractivity contribution in [3.63, 3.8) is 0 Å². The Kier molecular flexibility index (Phi) is 4.77. The molecule has 2 aromatic rings. The van der Waals surface area contributed by atoms with Crippen LogP contribution in [0.3, 0.4) is 0 Å². The van der Waals surface area contributed by atoms with E-state index in [9.17, 15) is 4.79 Å². The Balaban J connectivity index is 1.93. The van der Waals surface area contributed by atoms with Crippen LogP contribution in [-0.4, -0.2) is 5.91 Å². The fourth-order valence-corrected chi connectivity index (χ4v) is 1.73. The Labute approximate surface area is 119 Å². The molecule has 0 bridgehead atoms. The van der Waals surface area contributed by atoms with Gasteiger partial charge in [-0.1, -0.05) is 38.1 Å². The summed E-state index contributed by atoms with van der Waals surface area (Å²) < 4.78 is 5.17. The molecule has 1 heterocycles. The Bertz CT molecular complexity index is 566. The van der Waals surface area contributed by atoms with E-state index in [1.54, 1.807) is 12.3 Å². The van der Waals surface area contributed by atoms with Crippen LogP contribution < -0.4 is 5.32 Å². The number of allylic oxidation sites excluding steroid dienone is 1. The Morgan fingerprint density at radius 1 is 1.25 bits per heavy atom. The maximum Gasteiger partial charge on any atom is 0.251 e. The summed E-state index contributed by atoms with van der Waals surface area (Å²) in [6.07, 6.45) is 5.79. The monoisotopic (exact) mass is 269 g/mol. The van der Waals surface area contributed by atoms with Crippen LogP contribution in [0.2, 0.25) is 0 Å². The van der Waals surface area contributed by atoms with Gasteiger partial charge in [0.05, 0.1) is 12.8 Å². The van der Waals surface area contributed by atoms with Gasteiger partial charge in [0.15, 0.2) is 0 Å². The summed E-state index contributed by atoms with van der Waals surface area (Å²) >= 11 is 0. The van der Waals surface area contributed by atoms with Gasteiger partial charge in [0.1, 0.15) is 5.76 Å². The lowest BCUT2D eigenvalue weighted by Gasteiger charge is -2.04. The Hall–Kier alpha value is -2.29. The summed E-state index contributed by atoms with van der Waals surface area (Å²) in [5.41, 5.74) is 1.75. The van der Waals surface area contributed by atoms with Gasteiger partial charge in [-0.05, 0) is 35.7 Å². The molecule has 1 amide bonds. The minimum Gasteiger partial charge on any atom is -0.467 e. The van der Waals surface area contributed by atoms with Crippen molar-refractivity contribution < 1.29 is 9.21 Å². The highest BCUT2D eigenvalue weighted by Gasteiger charge is 2.05. The molecule has 0 aliphatic carbocycles. The van der Waals surface area contributed by atoms with E-state index < -0.39 is 0 Å². The molecule has 0 fully saturated rings. The number of benzene rings is 1. The standard InChI is InChI=1S/C17H19NO2/c1-13(2)5-6-14-7-9-15(10-8-14)17(19)18-12-16-4-3-11-20-16/h3-11,13H,12H2,1-2H3,(H,18,19)/b6-5+. The maximum atomic E-state index is 11.9. The fourth-order valence-electron chi connectivity index (χ4n) is 1.73. The molecule has 20 heavy (non-hydrogen) atoms. The zero-order chi connectivity index (χ0) is 14.4. The highest BCUT2D eigenvalue weighted by molar-refractivity contribution is 5.94. The predicted molar refractivity (Wildman–Crippen MR) is 80.2 cm³/mol. The summed E-state index contributed by atoms with van der Waals surface area (Å²) in [5, 5.41) is 2.82. The summed E-state index contributed by atoms with van der Waals surface area (Å²) in [6, 6.07) is 11.2. The second kappa shape index (κ2) is 6.75. The Morgan fingerprint density at radius 2 is 2.00 bits per heavy atom. The highest BCUT2D eigenvalue weighted by Crippen LogP contribution is 2.08. The van der Waals surface area contributed by atoms with Crippen molar-refractivity contribution in [1.29, 1.82) is 0 Å². The van der Waals surface area contributed by atoms with E-state index in [2.05, 4.69) is 31.3 Å². The van der Waals surface area contributed by atoms with Gasteiger partial charge in [0.25, 0.3) is 5.91 Å². The third-order valence-electron chi connectivity index (χ3n) is 2.85. The molecule has 0 saturated carbocycles. The molecule has 0 unspecified atom stereocenters. The van der Waals surface area contributed by atoms with Crippen molar-refractivity contribution in [2.45, 2.75) is 20.4 Å². The molecule has 0 saturated heterocycles. The van der Waals surface area contributed by atoms with Gasteiger partial charge in [-0.2, -0.15) is 0 Å². The molecule has 2 rings (SSSR count). The highest BCUT2D eigenvalue weighted by atomic mass is 16.3. The summed E-state index contributed by atoms with van der Waals surface area (Å²) in [4.78, 5) is 11.9. The molecule has 104 valence electrons. The molecule has 0 radical (unpaired) electrons. The summed E-state index contributed by atoms with van der Waals surface area (Å²) in [5.74, 6) is 1.17. The molecule has 1 N–H and O–H groups in total. The zero-order valence-corrected chi connectivity index (χ0v) is 11.8.